The number of urea groups is 1. The number of piperazine rings is 1. The van der Waals surface area contributed by atoms with Crippen molar-refractivity contribution in [1.29, 1.82) is 0 Å². The molecule has 0 saturated carbocycles. The van der Waals surface area contributed by atoms with Crippen molar-refractivity contribution < 1.29 is 36.1 Å². The zero-order chi connectivity index (χ0) is 23.7. The predicted molar refractivity (Wildman–Crippen MR) is 102 cm³/mol. The van der Waals surface area contributed by atoms with Crippen LogP contribution in [-0.4, -0.2) is 42.0 Å². The summed E-state index contributed by atoms with van der Waals surface area (Å²) in [6.45, 7) is 0.288. The summed E-state index contributed by atoms with van der Waals surface area (Å²) in [6, 6.07) is 5.67. The van der Waals surface area contributed by atoms with E-state index in [2.05, 4.69) is 5.32 Å². The van der Waals surface area contributed by atoms with Crippen molar-refractivity contribution in [3.63, 3.8) is 0 Å². The number of nitro groups is 1. The first-order valence-electron chi connectivity index (χ1n) is 9.20. The quantitative estimate of drug-likeness (QED) is 0.396. The minimum Gasteiger partial charge on any atom is -0.362 e. The first-order valence-corrected chi connectivity index (χ1v) is 9.20. The van der Waals surface area contributed by atoms with Gasteiger partial charge in [0.15, 0.2) is 0 Å². The predicted octanol–water partition coefficient (Wildman–Crippen LogP) is 4.99. The topological polar surface area (TPSA) is 78.7 Å². The molecule has 1 aliphatic rings. The summed E-state index contributed by atoms with van der Waals surface area (Å²) in [4.78, 5) is 25.5. The Balaban J connectivity index is 1.68. The number of nitrogens with one attached hydrogen (secondary N) is 1. The molecule has 1 fully saturated rings. The minimum atomic E-state index is -4.73. The van der Waals surface area contributed by atoms with Crippen LogP contribution in [-0.2, 0) is 12.4 Å². The number of carbonyl (C=O) groups excluding carboxylic acids is 1. The van der Waals surface area contributed by atoms with Crippen molar-refractivity contribution >= 4 is 23.1 Å². The molecule has 1 N–H and O–H groups in total. The molecule has 2 aromatic rings. The van der Waals surface area contributed by atoms with Crippen LogP contribution in [0.15, 0.2) is 42.5 Å². The van der Waals surface area contributed by atoms with Crippen molar-refractivity contribution in [3.05, 3.63) is 63.7 Å². The normalized spacial score (nSPS) is 14.9. The lowest BCUT2D eigenvalue weighted by Gasteiger charge is -2.35. The van der Waals surface area contributed by atoms with Gasteiger partial charge in [0.05, 0.1) is 16.1 Å². The summed E-state index contributed by atoms with van der Waals surface area (Å²) in [6.07, 6.45) is -9.30. The molecule has 32 heavy (non-hydrogen) atoms. The van der Waals surface area contributed by atoms with Crippen LogP contribution in [0.2, 0.25) is 0 Å². The zero-order valence-corrected chi connectivity index (χ0v) is 16.2. The van der Waals surface area contributed by atoms with E-state index in [-0.39, 0.29) is 37.6 Å². The molecule has 2 amide bonds. The number of benzene rings is 2. The first-order chi connectivity index (χ1) is 14.9. The number of anilines is 2. The second-order valence-electron chi connectivity index (χ2n) is 6.94. The molecular weight excluding hydrogens is 446 g/mol. The van der Waals surface area contributed by atoms with E-state index in [0.29, 0.717) is 6.07 Å². The summed E-state index contributed by atoms with van der Waals surface area (Å²) in [5.41, 5.74) is -2.84. The smallest absolute Gasteiger partial charge is 0.362 e. The van der Waals surface area contributed by atoms with Gasteiger partial charge in [-0.1, -0.05) is 6.07 Å². The Morgan fingerprint density at radius 3 is 2.06 bits per heavy atom. The molecule has 1 heterocycles. The van der Waals surface area contributed by atoms with Gasteiger partial charge in [-0.25, -0.2) is 4.79 Å². The third-order valence-electron chi connectivity index (χ3n) is 4.85. The molecule has 0 aromatic heterocycles. The highest BCUT2D eigenvalue weighted by atomic mass is 19.4. The van der Waals surface area contributed by atoms with Crippen molar-refractivity contribution in [2.45, 2.75) is 12.4 Å². The summed E-state index contributed by atoms with van der Waals surface area (Å²) in [7, 11) is 0. The standard InChI is InChI=1S/C19H16F6N4O3/c20-18(21,22)12-2-1-3-14(10-12)26-17(30)28-8-6-27(7-9-28)15-5-4-13(19(23,24)25)11-16(15)29(31)32/h1-5,10-11H,6-9H2,(H,26,30). The fraction of sp³-hybridized carbons (Fsp3) is 0.316. The van der Waals surface area contributed by atoms with Crippen LogP contribution < -0.4 is 10.2 Å². The zero-order valence-electron chi connectivity index (χ0n) is 16.2. The molecule has 172 valence electrons. The Kier molecular flexibility index (Phi) is 6.19. The van der Waals surface area contributed by atoms with Gasteiger partial charge >= 0.3 is 18.4 Å². The Bertz CT molecular complexity index is 1020. The van der Waals surface area contributed by atoms with E-state index >= 15 is 0 Å². The van der Waals surface area contributed by atoms with E-state index in [1.807, 2.05) is 0 Å². The fourth-order valence-corrected chi connectivity index (χ4v) is 3.24. The molecule has 3 rings (SSSR count). The van der Waals surface area contributed by atoms with Gasteiger partial charge in [-0.3, -0.25) is 10.1 Å². The number of nitrogens with zero attached hydrogens (tertiary/aromatic N) is 3. The number of nitro benzene ring substituents is 1. The molecular formula is C19H16F6N4O3. The average molecular weight is 462 g/mol. The van der Waals surface area contributed by atoms with Gasteiger partial charge in [0.25, 0.3) is 5.69 Å². The fourth-order valence-electron chi connectivity index (χ4n) is 3.24. The van der Waals surface area contributed by atoms with Crippen LogP contribution in [0.1, 0.15) is 11.1 Å². The van der Waals surface area contributed by atoms with E-state index < -0.39 is 40.1 Å². The maximum Gasteiger partial charge on any atom is 0.416 e. The van der Waals surface area contributed by atoms with E-state index in [1.165, 1.54) is 15.9 Å². The van der Waals surface area contributed by atoms with Crippen molar-refractivity contribution in [2.24, 2.45) is 0 Å². The summed E-state index contributed by atoms with van der Waals surface area (Å²) >= 11 is 0. The molecule has 13 heteroatoms. The van der Waals surface area contributed by atoms with E-state index in [0.717, 1.165) is 30.3 Å². The molecule has 2 aromatic carbocycles. The van der Waals surface area contributed by atoms with Crippen LogP contribution in [0.4, 0.5) is 48.2 Å². The molecule has 7 nitrogen and oxygen atoms in total. The molecule has 1 saturated heterocycles. The number of hydrogen-bond acceptors (Lipinski definition) is 4. The van der Waals surface area contributed by atoms with Crippen molar-refractivity contribution in [2.75, 3.05) is 36.4 Å². The van der Waals surface area contributed by atoms with Crippen LogP contribution >= 0.6 is 0 Å². The Hall–Kier alpha value is -3.51. The first kappa shape index (κ1) is 23.2. The molecule has 0 unspecified atom stereocenters. The van der Waals surface area contributed by atoms with Crippen LogP contribution in [0.25, 0.3) is 0 Å². The Labute approximate surface area is 177 Å². The maximum atomic E-state index is 12.9. The number of hydrogen-bond donors (Lipinski definition) is 1. The largest absolute Gasteiger partial charge is 0.416 e. The lowest BCUT2D eigenvalue weighted by atomic mass is 10.1. The maximum absolute atomic E-state index is 12.9. The third-order valence-corrected chi connectivity index (χ3v) is 4.85. The highest BCUT2D eigenvalue weighted by molar-refractivity contribution is 5.89. The van der Waals surface area contributed by atoms with Crippen molar-refractivity contribution in [3.8, 4) is 0 Å². The van der Waals surface area contributed by atoms with Gasteiger partial charge in [0.1, 0.15) is 5.69 Å². The van der Waals surface area contributed by atoms with Gasteiger partial charge in [-0.2, -0.15) is 26.3 Å². The van der Waals surface area contributed by atoms with Gasteiger partial charge in [0, 0.05) is 37.9 Å². The number of halogens is 6. The average Bonchev–Trinajstić information content (AvgIpc) is 2.72. The highest BCUT2D eigenvalue weighted by Crippen LogP contribution is 2.37. The van der Waals surface area contributed by atoms with Crippen molar-refractivity contribution in [1.82, 2.24) is 4.90 Å². The van der Waals surface area contributed by atoms with Gasteiger partial charge in [-0.15, -0.1) is 0 Å². The van der Waals surface area contributed by atoms with Gasteiger partial charge in [0.2, 0.25) is 0 Å². The van der Waals surface area contributed by atoms with Crippen LogP contribution in [0.5, 0.6) is 0 Å². The third kappa shape index (κ3) is 5.21. The SMILES string of the molecule is O=C(Nc1cccc(C(F)(F)F)c1)N1CCN(c2ccc(C(F)(F)F)cc2[N+](=O)[O-])CC1. The highest BCUT2D eigenvalue weighted by Gasteiger charge is 2.35. The van der Waals surface area contributed by atoms with E-state index in [9.17, 15) is 41.3 Å². The second kappa shape index (κ2) is 8.55. The number of rotatable bonds is 3. The molecule has 0 atom stereocenters. The van der Waals surface area contributed by atoms with Gasteiger partial charge in [-0.05, 0) is 30.3 Å². The summed E-state index contributed by atoms with van der Waals surface area (Å²) in [5, 5.41) is 13.6. The van der Waals surface area contributed by atoms with E-state index in [1.54, 1.807) is 0 Å². The van der Waals surface area contributed by atoms with Gasteiger partial charge < -0.3 is 15.1 Å². The Morgan fingerprint density at radius 1 is 0.906 bits per heavy atom. The van der Waals surface area contributed by atoms with Crippen LogP contribution in [0.3, 0.4) is 0 Å². The lowest BCUT2D eigenvalue weighted by molar-refractivity contribution is -0.384. The lowest BCUT2D eigenvalue weighted by Crippen LogP contribution is -2.50. The molecule has 0 spiro atoms. The van der Waals surface area contributed by atoms with Crippen LogP contribution in [0, 0.1) is 10.1 Å². The monoisotopic (exact) mass is 462 g/mol. The van der Waals surface area contributed by atoms with E-state index in [4.69, 9.17) is 0 Å². The summed E-state index contributed by atoms with van der Waals surface area (Å²) in [5.74, 6) is 0. The second-order valence-corrected chi connectivity index (χ2v) is 6.94. The molecule has 1 aliphatic heterocycles. The molecule has 0 radical (unpaired) electrons. The summed E-state index contributed by atoms with van der Waals surface area (Å²) < 4.78 is 77.0. The number of amides is 2. The molecule has 0 bridgehead atoms. The molecule has 0 aliphatic carbocycles. The minimum absolute atomic E-state index is 0.0130. The number of carbonyl (C=O) groups is 1. The number of alkyl halides is 6. The Morgan fingerprint density at radius 2 is 1.50 bits per heavy atom.